The van der Waals surface area contributed by atoms with Crippen molar-refractivity contribution in [1.29, 1.82) is 0 Å². The molecule has 2 N–H and O–H groups in total. The van der Waals surface area contributed by atoms with E-state index in [0.717, 1.165) is 22.4 Å². The average molecular weight is 405 g/mol. The number of aromatic nitrogens is 3. The highest BCUT2D eigenvalue weighted by Crippen LogP contribution is 2.23. The number of phenols is 2. The van der Waals surface area contributed by atoms with Crippen LogP contribution in [0.15, 0.2) is 67.0 Å². The summed E-state index contributed by atoms with van der Waals surface area (Å²) in [6.07, 6.45) is 3.57. The predicted molar refractivity (Wildman–Crippen MR) is 122 cm³/mol. The summed E-state index contributed by atoms with van der Waals surface area (Å²) in [6.45, 7) is 5.62. The van der Waals surface area contributed by atoms with E-state index in [2.05, 4.69) is 15.0 Å². The van der Waals surface area contributed by atoms with Crippen molar-refractivity contribution >= 4 is 16.7 Å². The number of para-hydroxylation sites is 2. The lowest BCUT2D eigenvalue weighted by Gasteiger charge is -2.10. The monoisotopic (exact) mass is 404 g/mol. The minimum Gasteiger partial charge on any atom is -0.508 e. The first-order valence-corrected chi connectivity index (χ1v) is 9.54. The molecule has 0 saturated carbocycles. The van der Waals surface area contributed by atoms with Crippen LogP contribution in [0.3, 0.4) is 0 Å². The number of hydrogen-bond acceptors (Lipinski definition) is 6. The summed E-state index contributed by atoms with van der Waals surface area (Å²) in [5, 5.41) is 17.9. The van der Waals surface area contributed by atoms with E-state index in [0.29, 0.717) is 5.56 Å². The van der Waals surface area contributed by atoms with Gasteiger partial charge in [0, 0.05) is 37.7 Å². The van der Waals surface area contributed by atoms with Crippen molar-refractivity contribution in [2.24, 2.45) is 0 Å². The van der Waals surface area contributed by atoms with Crippen molar-refractivity contribution < 1.29 is 10.2 Å². The highest BCUT2D eigenvalue weighted by molar-refractivity contribution is 5.74. The molecule has 0 unspecified atom stereocenters. The fourth-order valence-corrected chi connectivity index (χ4v) is 2.43. The number of nitrogens with zero attached hydrogens (tertiary/aromatic N) is 4. The van der Waals surface area contributed by atoms with Gasteiger partial charge < -0.3 is 15.1 Å². The Hall–Kier alpha value is -3.67. The van der Waals surface area contributed by atoms with Crippen LogP contribution in [0.25, 0.3) is 11.0 Å². The molecule has 30 heavy (non-hydrogen) atoms. The van der Waals surface area contributed by atoms with Crippen molar-refractivity contribution in [2.75, 3.05) is 19.0 Å². The molecule has 0 saturated heterocycles. The molecule has 0 atom stereocenters. The molecule has 0 radical (unpaired) electrons. The van der Waals surface area contributed by atoms with Crippen LogP contribution in [-0.2, 0) is 0 Å². The van der Waals surface area contributed by atoms with Crippen molar-refractivity contribution in [3.05, 3.63) is 83.9 Å². The second-order valence-corrected chi connectivity index (χ2v) is 6.90. The summed E-state index contributed by atoms with van der Waals surface area (Å²) in [4.78, 5) is 14.8. The Bertz CT molecular complexity index is 1020. The van der Waals surface area contributed by atoms with Crippen molar-refractivity contribution in [2.45, 2.75) is 20.8 Å². The molecule has 0 bridgehead atoms. The third-order valence-corrected chi connectivity index (χ3v) is 4.44. The fraction of sp³-hybridized carbons (Fsp3) is 0.208. The van der Waals surface area contributed by atoms with Crippen LogP contribution in [-0.4, -0.2) is 39.3 Å². The molecule has 2 aromatic heterocycles. The van der Waals surface area contributed by atoms with Crippen molar-refractivity contribution in [3.63, 3.8) is 0 Å². The largest absolute Gasteiger partial charge is 0.508 e. The molecular weight excluding hydrogens is 376 g/mol. The maximum absolute atomic E-state index is 8.94. The molecule has 0 fully saturated rings. The summed E-state index contributed by atoms with van der Waals surface area (Å²) in [5.41, 5.74) is 5.67. The molecule has 6 nitrogen and oxygen atoms in total. The van der Waals surface area contributed by atoms with Crippen molar-refractivity contribution in [3.8, 4) is 11.5 Å². The number of hydrogen-bond donors (Lipinski definition) is 2. The third-order valence-electron chi connectivity index (χ3n) is 4.44. The van der Waals surface area contributed by atoms with Crippen LogP contribution >= 0.6 is 0 Å². The minimum absolute atomic E-state index is 0.134. The standard InChI is InChI=1S/C10H10N2.C7H10N2.C7H8O2/c1-7-8(2)12-10-6-4-3-5-9(10)11-7;1-9(2)7-3-5-8-6-4-7;1-5-6(8)3-2-4-7(5)9/h3-6H,1-2H3;3-6H,1-2H3;2-4,8-9H,1H3. The van der Waals surface area contributed by atoms with Gasteiger partial charge >= 0.3 is 0 Å². The Morgan fingerprint density at radius 3 is 1.50 bits per heavy atom. The van der Waals surface area contributed by atoms with Crippen molar-refractivity contribution in [1.82, 2.24) is 15.0 Å². The summed E-state index contributed by atoms with van der Waals surface area (Å²) in [6, 6.07) is 16.5. The number of benzene rings is 2. The Morgan fingerprint density at radius 2 is 1.13 bits per heavy atom. The van der Waals surface area contributed by atoms with Gasteiger partial charge in [-0.05, 0) is 57.2 Å². The maximum Gasteiger partial charge on any atom is 0.122 e. The second kappa shape index (κ2) is 10.8. The molecule has 0 aliphatic rings. The first-order chi connectivity index (χ1) is 14.3. The molecule has 4 aromatic rings. The molecule has 0 aliphatic heterocycles. The number of anilines is 1. The maximum atomic E-state index is 8.94. The predicted octanol–water partition coefficient (Wildman–Crippen LogP) is 4.80. The zero-order chi connectivity index (χ0) is 22.1. The minimum atomic E-state index is 0.134. The summed E-state index contributed by atoms with van der Waals surface area (Å²) in [5.74, 6) is 0.269. The van der Waals surface area contributed by atoms with Crippen LogP contribution < -0.4 is 4.90 Å². The van der Waals surface area contributed by atoms with Gasteiger partial charge in [0.25, 0.3) is 0 Å². The molecule has 6 heteroatoms. The molecule has 156 valence electrons. The summed E-state index contributed by atoms with van der Waals surface area (Å²) >= 11 is 0. The van der Waals surface area contributed by atoms with E-state index in [1.807, 2.05) is 69.2 Å². The van der Waals surface area contributed by atoms with E-state index < -0.39 is 0 Å². The van der Waals surface area contributed by atoms with Gasteiger partial charge in [0.05, 0.1) is 22.4 Å². The number of phenolic OH excluding ortho intramolecular Hbond substituents is 2. The van der Waals surface area contributed by atoms with E-state index in [4.69, 9.17) is 10.2 Å². The zero-order valence-corrected chi connectivity index (χ0v) is 18.0. The Balaban J connectivity index is 0.000000163. The smallest absolute Gasteiger partial charge is 0.122 e. The zero-order valence-electron chi connectivity index (χ0n) is 18.0. The molecule has 0 spiro atoms. The quantitative estimate of drug-likeness (QED) is 0.474. The van der Waals surface area contributed by atoms with Gasteiger partial charge in [0.1, 0.15) is 11.5 Å². The molecule has 2 aromatic carbocycles. The average Bonchev–Trinajstić information content (AvgIpc) is 2.74. The van der Waals surface area contributed by atoms with Gasteiger partial charge in [-0.25, -0.2) is 9.97 Å². The lowest BCUT2D eigenvalue weighted by Crippen LogP contribution is -2.07. The Morgan fingerprint density at radius 1 is 0.667 bits per heavy atom. The second-order valence-electron chi connectivity index (χ2n) is 6.90. The van der Waals surface area contributed by atoms with Gasteiger partial charge in [-0.1, -0.05) is 18.2 Å². The van der Waals surface area contributed by atoms with Gasteiger partial charge in [0.2, 0.25) is 0 Å². The topological polar surface area (TPSA) is 82.4 Å². The lowest BCUT2D eigenvalue weighted by atomic mass is 10.2. The number of fused-ring (bicyclic) bond motifs is 1. The SMILES string of the molecule is CN(C)c1ccncc1.Cc1c(O)cccc1O.Cc1nc2ccccc2nc1C. The molecule has 4 rings (SSSR count). The summed E-state index contributed by atoms with van der Waals surface area (Å²) < 4.78 is 0. The number of aryl methyl sites for hydroxylation is 2. The van der Waals surface area contributed by atoms with Crippen LogP contribution in [0, 0.1) is 20.8 Å². The van der Waals surface area contributed by atoms with E-state index in [-0.39, 0.29) is 11.5 Å². The molecule has 0 aliphatic carbocycles. The van der Waals surface area contributed by atoms with Crippen LogP contribution in [0.1, 0.15) is 17.0 Å². The normalized spacial score (nSPS) is 9.77. The number of pyridine rings is 1. The molecule has 0 amide bonds. The Labute approximate surface area is 177 Å². The van der Waals surface area contributed by atoms with Gasteiger partial charge in [-0.3, -0.25) is 4.98 Å². The summed E-state index contributed by atoms with van der Waals surface area (Å²) in [7, 11) is 4.02. The van der Waals surface area contributed by atoms with Crippen LogP contribution in [0.2, 0.25) is 0 Å². The highest BCUT2D eigenvalue weighted by atomic mass is 16.3. The van der Waals surface area contributed by atoms with Gasteiger partial charge in [-0.2, -0.15) is 0 Å². The van der Waals surface area contributed by atoms with E-state index in [1.54, 1.807) is 25.4 Å². The molecular formula is C24H28N4O2. The Kier molecular flexibility index (Phi) is 8.11. The first kappa shape index (κ1) is 22.6. The van der Waals surface area contributed by atoms with Gasteiger partial charge in [0.15, 0.2) is 0 Å². The fourth-order valence-electron chi connectivity index (χ4n) is 2.43. The van der Waals surface area contributed by atoms with Crippen LogP contribution in [0.4, 0.5) is 5.69 Å². The van der Waals surface area contributed by atoms with E-state index in [9.17, 15) is 0 Å². The van der Waals surface area contributed by atoms with E-state index >= 15 is 0 Å². The highest BCUT2D eigenvalue weighted by Gasteiger charge is 1.99. The van der Waals surface area contributed by atoms with E-state index in [1.165, 1.54) is 17.8 Å². The number of rotatable bonds is 1. The number of aromatic hydroxyl groups is 2. The molecule has 2 heterocycles. The first-order valence-electron chi connectivity index (χ1n) is 9.54. The lowest BCUT2D eigenvalue weighted by molar-refractivity contribution is 0.443. The van der Waals surface area contributed by atoms with Crippen LogP contribution in [0.5, 0.6) is 11.5 Å². The third kappa shape index (κ3) is 6.44. The van der Waals surface area contributed by atoms with Gasteiger partial charge in [-0.15, -0.1) is 0 Å².